The highest BCUT2D eigenvalue weighted by atomic mass is 16.5. The number of aryl methyl sites for hydroxylation is 1. The number of anilines is 1. The largest absolute Gasteiger partial charge is 0.477 e. The molecule has 4 nitrogen and oxygen atoms in total. The lowest BCUT2D eigenvalue weighted by molar-refractivity contribution is -0.122. The molecule has 0 bridgehead atoms. The molecule has 2 heterocycles. The molecule has 1 N–H and O–H groups in total. The van der Waals surface area contributed by atoms with Gasteiger partial charge in [-0.15, -0.1) is 0 Å². The molecule has 1 amide bonds. The van der Waals surface area contributed by atoms with Crippen LogP contribution in [0.25, 0.3) is 0 Å². The molecule has 0 fully saturated rings. The van der Waals surface area contributed by atoms with Crippen LogP contribution < -0.4 is 10.1 Å². The van der Waals surface area contributed by atoms with E-state index in [4.69, 9.17) is 4.74 Å². The molecule has 0 radical (unpaired) electrons. The number of carbonyl (C=O) groups excluding carboxylic acids is 1. The molecule has 1 aliphatic heterocycles. The van der Waals surface area contributed by atoms with Crippen LogP contribution in [0.15, 0.2) is 12.3 Å². The Morgan fingerprint density at radius 1 is 1.62 bits per heavy atom. The van der Waals surface area contributed by atoms with Crippen molar-refractivity contribution in [1.29, 1.82) is 0 Å². The van der Waals surface area contributed by atoms with Gasteiger partial charge in [-0.05, 0) is 25.5 Å². The van der Waals surface area contributed by atoms with Gasteiger partial charge in [-0.3, -0.25) is 4.79 Å². The zero-order valence-electron chi connectivity index (χ0n) is 7.50. The maximum atomic E-state index is 11.2. The summed E-state index contributed by atoms with van der Waals surface area (Å²) >= 11 is 0. The fourth-order valence-corrected chi connectivity index (χ4v) is 1.19. The van der Waals surface area contributed by atoms with Crippen molar-refractivity contribution in [3.63, 3.8) is 0 Å². The van der Waals surface area contributed by atoms with Crippen LogP contribution in [0.2, 0.25) is 0 Å². The molecule has 68 valence electrons. The van der Waals surface area contributed by atoms with Crippen molar-refractivity contribution >= 4 is 11.7 Å². The van der Waals surface area contributed by atoms with Gasteiger partial charge in [0.05, 0.1) is 0 Å². The summed E-state index contributed by atoms with van der Waals surface area (Å²) in [6, 6.07) is 1.86. The van der Waals surface area contributed by atoms with Crippen molar-refractivity contribution in [1.82, 2.24) is 4.98 Å². The maximum absolute atomic E-state index is 11.2. The molecule has 1 aromatic rings. The maximum Gasteiger partial charge on any atom is 0.266 e. The van der Waals surface area contributed by atoms with E-state index in [9.17, 15) is 4.79 Å². The number of fused-ring (bicyclic) bond motifs is 1. The molecule has 1 aliphatic rings. The second kappa shape index (κ2) is 2.73. The van der Waals surface area contributed by atoms with E-state index in [1.165, 1.54) is 0 Å². The molecule has 1 aromatic heterocycles. The Labute approximate surface area is 75.9 Å². The minimum atomic E-state index is -0.434. The van der Waals surface area contributed by atoms with Crippen molar-refractivity contribution < 1.29 is 9.53 Å². The lowest BCUT2D eigenvalue weighted by Crippen LogP contribution is -2.34. The lowest BCUT2D eigenvalue weighted by atomic mass is 10.2. The molecule has 1 unspecified atom stereocenters. The summed E-state index contributed by atoms with van der Waals surface area (Å²) in [7, 11) is 0. The molecule has 1 atom stereocenters. The average Bonchev–Trinajstić information content (AvgIpc) is 2.08. The van der Waals surface area contributed by atoms with Gasteiger partial charge in [0.25, 0.3) is 5.91 Å². The molecule has 2 rings (SSSR count). The Kier molecular flexibility index (Phi) is 1.69. The Balaban J connectivity index is 2.42. The highest BCUT2D eigenvalue weighted by Gasteiger charge is 2.23. The van der Waals surface area contributed by atoms with Crippen LogP contribution in [0.4, 0.5) is 5.82 Å². The van der Waals surface area contributed by atoms with Gasteiger partial charge in [-0.2, -0.15) is 0 Å². The van der Waals surface area contributed by atoms with Crippen molar-refractivity contribution in [2.45, 2.75) is 20.0 Å². The van der Waals surface area contributed by atoms with Gasteiger partial charge in [0.1, 0.15) is 0 Å². The highest BCUT2D eigenvalue weighted by Crippen LogP contribution is 2.27. The first-order valence-corrected chi connectivity index (χ1v) is 4.11. The SMILES string of the molecule is Cc1cnc2c(c1)OC(C)C(=O)N2. The van der Waals surface area contributed by atoms with Crippen LogP contribution in [0.3, 0.4) is 0 Å². The lowest BCUT2D eigenvalue weighted by Gasteiger charge is -2.22. The number of nitrogens with zero attached hydrogens (tertiary/aromatic N) is 1. The Hall–Kier alpha value is -1.58. The minimum Gasteiger partial charge on any atom is -0.477 e. The predicted molar refractivity (Wildman–Crippen MR) is 47.7 cm³/mol. The first kappa shape index (κ1) is 8.04. The number of pyridine rings is 1. The van der Waals surface area contributed by atoms with Crippen molar-refractivity contribution in [2.24, 2.45) is 0 Å². The fraction of sp³-hybridized carbons (Fsp3) is 0.333. The van der Waals surface area contributed by atoms with Crippen LogP contribution >= 0.6 is 0 Å². The van der Waals surface area contributed by atoms with Gasteiger partial charge >= 0.3 is 0 Å². The highest BCUT2D eigenvalue weighted by molar-refractivity contribution is 5.96. The van der Waals surface area contributed by atoms with Gasteiger partial charge in [-0.1, -0.05) is 0 Å². The van der Waals surface area contributed by atoms with E-state index < -0.39 is 6.10 Å². The molecular formula is C9H10N2O2. The van der Waals surface area contributed by atoms with Crippen LogP contribution in [-0.4, -0.2) is 17.0 Å². The molecule has 0 aliphatic carbocycles. The minimum absolute atomic E-state index is 0.149. The first-order chi connectivity index (χ1) is 6.16. The van der Waals surface area contributed by atoms with Crippen LogP contribution in [0.5, 0.6) is 5.75 Å². The monoisotopic (exact) mass is 178 g/mol. The standard InChI is InChI=1S/C9H10N2O2/c1-5-3-7-8(10-4-5)11-9(12)6(2)13-7/h3-4,6H,1-2H3,(H,10,11,12). The third kappa shape index (κ3) is 1.35. The van der Waals surface area contributed by atoms with E-state index in [-0.39, 0.29) is 5.91 Å². The van der Waals surface area contributed by atoms with Crippen molar-refractivity contribution in [2.75, 3.05) is 5.32 Å². The van der Waals surface area contributed by atoms with E-state index in [1.807, 2.05) is 13.0 Å². The number of hydrogen-bond donors (Lipinski definition) is 1. The molecule has 4 heteroatoms. The van der Waals surface area contributed by atoms with Gasteiger partial charge < -0.3 is 10.1 Å². The molecule has 0 spiro atoms. The second-order valence-electron chi connectivity index (χ2n) is 3.11. The van der Waals surface area contributed by atoms with Gasteiger partial charge in [0.15, 0.2) is 17.7 Å². The number of ether oxygens (including phenoxy) is 1. The fourth-order valence-electron chi connectivity index (χ4n) is 1.19. The van der Waals surface area contributed by atoms with Gasteiger partial charge in [0.2, 0.25) is 0 Å². The Bertz CT molecular complexity index is 363. The quantitative estimate of drug-likeness (QED) is 0.647. The first-order valence-electron chi connectivity index (χ1n) is 4.11. The molecular weight excluding hydrogens is 168 g/mol. The van der Waals surface area contributed by atoms with Crippen LogP contribution in [0, 0.1) is 6.92 Å². The topological polar surface area (TPSA) is 51.2 Å². The van der Waals surface area contributed by atoms with E-state index in [2.05, 4.69) is 10.3 Å². The number of hydrogen-bond acceptors (Lipinski definition) is 3. The summed E-state index contributed by atoms with van der Waals surface area (Å²) in [5, 5.41) is 2.66. The third-order valence-corrected chi connectivity index (χ3v) is 1.90. The molecule has 13 heavy (non-hydrogen) atoms. The number of nitrogens with one attached hydrogen (secondary N) is 1. The summed E-state index contributed by atoms with van der Waals surface area (Å²) in [5.41, 5.74) is 1.02. The van der Waals surface area contributed by atoms with Gasteiger partial charge in [0, 0.05) is 6.20 Å². The van der Waals surface area contributed by atoms with Gasteiger partial charge in [-0.25, -0.2) is 4.98 Å². The number of aromatic nitrogens is 1. The zero-order valence-corrected chi connectivity index (χ0v) is 7.50. The van der Waals surface area contributed by atoms with Crippen molar-refractivity contribution in [3.05, 3.63) is 17.8 Å². The van der Waals surface area contributed by atoms with E-state index in [1.54, 1.807) is 13.1 Å². The summed E-state index contributed by atoms with van der Waals surface area (Å²) in [4.78, 5) is 15.2. The Morgan fingerprint density at radius 3 is 3.15 bits per heavy atom. The zero-order chi connectivity index (χ0) is 9.42. The Morgan fingerprint density at radius 2 is 2.38 bits per heavy atom. The van der Waals surface area contributed by atoms with Crippen LogP contribution in [0.1, 0.15) is 12.5 Å². The van der Waals surface area contributed by atoms with E-state index >= 15 is 0 Å². The summed E-state index contributed by atoms with van der Waals surface area (Å²) in [5.74, 6) is 1.00. The normalized spacial score (nSPS) is 20.2. The smallest absolute Gasteiger partial charge is 0.266 e. The molecule has 0 saturated heterocycles. The summed E-state index contributed by atoms with van der Waals surface area (Å²) in [6.45, 7) is 3.64. The number of rotatable bonds is 0. The number of amides is 1. The molecule has 0 saturated carbocycles. The average molecular weight is 178 g/mol. The molecule has 0 aromatic carbocycles. The summed E-state index contributed by atoms with van der Waals surface area (Å²) in [6.07, 6.45) is 1.26. The number of carbonyl (C=O) groups is 1. The van der Waals surface area contributed by atoms with Crippen LogP contribution in [-0.2, 0) is 4.79 Å². The predicted octanol–water partition coefficient (Wildman–Crippen LogP) is 1.11. The van der Waals surface area contributed by atoms with E-state index in [0.29, 0.717) is 11.6 Å². The summed E-state index contributed by atoms with van der Waals surface area (Å²) < 4.78 is 5.35. The van der Waals surface area contributed by atoms with Crippen molar-refractivity contribution in [3.8, 4) is 5.75 Å². The third-order valence-electron chi connectivity index (χ3n) is 1.90. The van der Waals surface area contributed by atoms with E-state index in [0.717, 1.165) is 5.56 Å². The second-order valence-corrected chi connectivity index (χ2v) is 3.11.